The number of carbonyl (C=O) groups is 2. The molecule has 0 unspecified atom stereocenters. The Hall–Kier alpha value is -2.00. The number of hydrogen-bond donors (Lipinski definition) is 0. The van der Waals surface area contributed by atoms with Gasteiger partial charge in [-0.1, -0.05) is 17.0 Å². The van der Waals surface area contributed by atoms with E-state index in [2.05, 4.69) is 10.3 Å². The van der Waals surface area contributed by atoms with E-state index in [0.717, 1.165) is 16.4 Å². The van der Waals surface area contributed by atoms with E-state index in [9.17, 15) is 9.59 Å². The SMILES string of the molecule is CC(C)OC(=O)C(C(=O)On1nnc2ccccc21)=C1SCCS1. The summed E-state index contributed by atoms with van der Waals surface area (Å²) in [5.74, 6) is 0.181. The predicted octanol–water partition coefficient (Wildman–Crippen LogP) is 2.03. The number of benzene rings is 1. The lowest BCUT2D eigenvalue weighted by Gasteiger charge is -2.11. The van der Waals surface area contributed by atoms with E-state index in [4.69, 9.17) is 9.57 Å². The van der Waals surface area contributed by atoms with Gasteiger partial charge in [0.05, 0.1) is 10.3 Å². The van der Waals surface area contributed by atoms with Gasteiger partial charge in [-0.3, -0.25) is 0 Å². The molecule has 0 bridgehead atoms. The number of para-hydroxylation sites is 1. The van der Waals surface area contributed by atoms with Crippen LogP contribution >= 0.6 is 23.5 Å². The third-order valence-electron chi connectivity index (χ3n) is 3.00. The van der Waals surface area contributed by atoms with Crippen molar-refractivity contribution < 1.29 is 19.2 Å². The molecule has 1 aliphatic rings. The minimum atomic E-state index is -0.798. The van der Waals surface area contributed by atoms with Crippen LogP contribution in [0.25, 0.3) is 11.0 Å². The van der Waals surface area contributed by atoms with E-state index < -0.39 is 11.9 Å². The van der Waals surface area contributed by atoms with Crippen molar-refractivity contribution in [2.75, 3.05) is 11.5 Å². The summed E-state index contributed by atoms with van der Waals surface area (Å²) in [6.07, 6.45) is -0.329. The summed E-state index contributed by atoms with van der Waals surface area (Å²) in [5, 5.41) is 7.71. The second-order valence-corrected chi connectivity index (χ2v) is 7.61. The van der Waals surface area contributed by atoms with E-state index in [1.54, 1.807) is 32.0 Å². The van der Waals surface area contributed by atoms with E-state index in [1.807, 2.05) is 6.07 Å². The number of rotatable bonds is 4. The van der Waals surface area contributed by atoms with Gasteiger partial charge in [0.2, 0.25) is 0 Å². The molecule has 7 nitrogen and oxygen atoms in total. The van der Waals surface area contributed by atoms with Crippen LogP contribution < -0.4 is 4.84 Å². The maximum absolute atomic E-state index is 12.6. The Bertz CT molecular complexity index is 808. The average Bonchev–Trinajstić information content (AvgIpc) is 3.17. The van der Waals surface area contributed by atoms with E-state index in [0.29, 0.717) is 15.3 Å². The molecule has 3 rings (SSSR count). The lowest BCUT2D eigenvalue weighted by atomic mass is 10.3. The highest BCUT2D eigenvalue weighted by Gasteiger charge is 2.31. The highest BCUT2D eigenvalue weighted by Crippen LogP contribution is 2.39. The molecule has 1 saturated heterocycles. The van der Waals surface area contributed by atoms with E-state index >= 15 is 0 Å². The van der Waals surface area contributed by atoms with Crippen LogP contribution in [0.15, 0.2) is 34.1 Å². The van der Waals surface area contributed by atoms with Gasteiger partial charge in [-0.25, -0.2) is 9.59 Å². The monoisotopic (exact) mass is 365 g/mol. The lowest BCUT2D eigenvalue weighted by Crippen LogP contribution is -2.28. The highest BCUT2D eigenvalue weighted by molar-refractivity contribution is 8.25. The Morgan fingerprint density at radius 3 is 2.58 bits per heavy atom. The molecule has 126 valence electrons. The van der Waals surface area contributed by atoms with E-state index in [-0.39, 0.29) is 11.7 Å². The third kappa shape index (κ3) is 3.57. The summed E-state index contributed by atoms with van der Waals surface area (Å²) < 4.78 is 5.80. The first kappa shape index (κ1) is 16.8. The van der Waals surface area contributed by atoms with Crippen LogP contribution in [0.3, 0.4) is 0 Å². The van der Waals surface area contributed by atoms with Gasteiger partial charge in [0.15, 0.2) is 5.57 Å². The van der Waals surface area contributed by atoms with Crippen LogP contribution in [0, 0.1) is 0 Å². The van der Waals surface area contributed by atoms with Crippen molar-refractivity contribution in [2.45, 2.75) is 20.0 Å². The Balaban J connectivity index is 1.89. The summed E-state index contributed by atoms with van der Waals surface area (Å²) in [5.41, 5.74) is 1.05. The molecular formula is C15H15N3O4S2. The number of esters is 1. The fourth-order valence-electron chi connectivity index (χ4n) is 2.02. The first-order valence-electron chi connectivity index (χ1n) is 7.30. The Kier molecular flexibility index (Phi) is 5.10. The number of thioether (sulfide) groups is 2. The number of nitrogens with zero attached hydrogens (tertiary/aromatic N) is 3. The molecule has 24 heavy (non-hydrogen) atoms. The average molecular weight is 365 g/mol. The molecule has 1 aromatic heterocycles. The fraction of sp³-hybridized carbons (Fsp3) is 0.333. The second kappa shape index (κ2) is 7.27. The number of ether oxygens (including phenoxy) is 1. The highest BCUT2D eigenvalue weighted by atomic mass is 32.2. The molecule has 0 saturated carbocycles. The van der Waals surface area contributed by atoms with Crippen molar-refractivity contribution in [1.82, 2.24) is 15.2 Å². The zero-order valence-electron chi connectivity index (χ0n) is 13.1. The molecule has 0 spiro atoms. The van der Waals surface area contributed by atoms with Gasteiger partial charge in [-0.05, 0) is 31.2 Å². The normalized spacial score (nSPS) is 14.2. The number of aromatic nitrogens is 3. The Morgan fingerprint density at radius 2 is 1.88 bits per heavy atom. The molecule has 0 radical (unpaired) electrons. The quantitative estimate of drug-likeness (QED) is 0.268. The van der Waals surface area contributed by atoms with Gasteiger partial charge in [0.1, 0.15) is 11.0 Å². The zero-order chi connectivity index (χ0) is 17.1. The lowest BCUT2D eigenvalue weighted by molar-refractivity contribution is -0.150. The van der Waals surface area contributed by atoms with Crippen molar-refractivity contribution in [3.63, 3.8) is 0 Å². The molecule has 0 amide bonds. The molecule has 2 heterocycles. The number of carbonyl (C=O) groups excluding carboxylic acids is 2. The predicted molar refractivity (Wildman–Crippen MR) is 92.3 cm³/mol. The summed E-state index contributed by atoms with van der Waals surface area (Å²) in [6.45, 7) is 3.46. The van der Waals surface area contributed by atoms with Crippen molar-refractivity contribution in [3.8, 4) is 0 Å². The minimum Gasteiger partial charge on any atom is -0.459 e. The number of fused-ring (bicyclic) bond motifs is 1. The van der Waals surface area contributed by atoms with Crippen LogP contribution in [-0.2, 0) is 14.3 Å². The molecule has 1 aromatic carbocycles. The summed E-state index contributed by atoms with van der Waals surface area (Å²) >= 11 is 2.89. The minimum absolute atomic E-state index is 0.0872. The first-order valence-corrected chi connectivity index (χ1v) is 9.27. The van der Waals surface area contributed by atoms with Gasteiger partial charge in [-0.15, -0.1) is 28.6 Å². The van der Waals surface area contributed by atoms with Crippen molar-refractivity contribution >= 4 is 46.5 Å². The van der Waals surface area contributed by atoms with Crippen molar-refractivity contribution in [1.29, 1.82) is 0 Å². The fourth-order valence-corrected chi connectivity index (χ4v) is 4.51. The van der Waals surface area contributed by atoms with Crippen LogP contribution in [-0.4, -0.2) is 44.7 Å². The number of hydrogen-bond acceptors (Lipinski definition) is 8. The van der Waals surface area contributed by atoms with E-state index in [1.165, 1.54) is 23.5 Å². The largest absolute Gasteiger partial charge is 0.459 e. The van der Waals surface area contributed by atoms with Crippen molar-refractivity contribution in [2.24, 2.45) is 0 Å². The summed E-state index contributed by atoms with van der Waals surface area (Å²) in [7, 11) is 0. The smallest absolute Gasteiger partial charge is 0.374 e. The summed E-state index contributed by atoms with van der Waals surface area (Å²) in [4.78, 5) is 31.2. The molecule has 2 aromatic rings. The van der Waals surface area contributed by atoms with Crippen LogP contribution in [0.5, 0.6) is 0 Å². The topological polar surface area (TPSA) is 83.3 Å². The maximum Gasteiger partial charge on any atom is 0.374 e. The van der Waals surface area contributed by atoms with Crippen LogP contribution in [0.4, 0.5) is 0 Å². The molecular weight excluding hydrogens is 350 g/mol. The zero-order valence-corrected chi connectivity index (χ0v) is 14.7. The summed E-state index contributed by atoms with van der Waals surface area (Å²) in [6, 6.07) is 7.07. The second-order valence-electron chi connectivity index (χ2n) is 5.14. The van der Waals surface area contributed by atoms with Crippen LogP contribution in [0.2, 0.25) is 0 Å². The van der Waals surface area contributed by atoms with Gasteiger partial charge >= 0.3 is 11.9 Å². The standard InChI is InChI=1S/C15H15N3O4S2/c1-9(2)21-13(19)12(15-23-7-8-24-15)14(20)22-18-11-6-4-3-5-10(11)16-17-18/h3-6,9H,7-8H2,1-2H3. The van der Waals surface area contributed by atoms with Crippen molar-refractivity contribution in [3.05, 3.63) is 34.1 Å². The van der Waals surface area contributed by atoms with Gasteiger partial charge in [0, 0.05) is 11.5 Å². The maximum atomic E-state index is 12.6. The molecule has 0 aliphatic carbocycles. The molecule has 0 N–H and O–H groups in total. The molecule has 1 fully saturated rings. The Labute approximate surface area is 146 Å². The van der Waals surface area contributed by atoms with Gasteiger partial charge in [-0.2, -0.15) is 0 Å². The Morgan fingerprint density at radius 1 is 1.17 bits per heavy atom. The van der Waals surface area contributed by atoms with Gasteiger partial charge < -0.3 is 9.57 Å². The molecule has 0 atom stereocenters. The molecule has 9 heteroatoms. The van der Waals surface area contributed by atoms with Gasteiger partial charge in [0.25, 0.3) is 0 Å². The third-order valence-corrected chi connectivity index (χ3v) is 5.71. The first-order chi connectivity index (χ1) is 11.6. The molecule has 1 aliphatic heterocycles. The van der Waals surface area contributed by atoms with Crippen LogP contribution in [0.1, 0.15) is 13.8 Å².